The molecular formula is C17H17N3. The van der Waals surface area contributed by atoms with E-state index >= 15 is 0 Å². The summed E-state index contributed by atoms with van der Waals surface area (Å²) in [6.45, 7) is 0.837. The summed E-state index contributed by atoms with van der Waals surface area (Å²) in [4.78, 5) is 4.79. The third-order valence-electron chi connectivity index (χ3n) is 3.82. The summed E-state index contributed by atoms with van der Waals surface area (Å²) in [5, 5.41) is 3.57. The van der Waals surface area contributed by atoms with Crippen LogP contribution in [0.5, 0.6) is 0 Å². The number of anilines is 1. The van der Waals surface area contributed by atoms with Gasteiger partial charge in [0.2, 0.25) is 0 Å². The number of fused-ring (bicyclic) bond motifs is 1. The third kappa shape index (κ3) is 2.05. The van der Waals surface area contributed by atoms with Gasteiger partial charge in [0.05, 0.1) is 5.69 Å². The van der Waals surface area contributed by atoms with Crippen LogP contribution in [0.25, 0.3) is 5.65 Å². The first-order valence-corrected chi connectivity index (χ1v) is 7.16. The molecule has 2 heterocycles. The Morgan fingerprint density at radius 1 is 1.05 bits per heavy atom. The van der Waals surface area contributed by atoms with Crippen molar-refractivity contribution in [3.05, 3.63) is 66.0 Å². The van der Waals surface area contributed by atoms with E-state index in [9.17, 15) is 0 Å². The number of nitrogens with zero attached hydrogens (tertiary/aromatic N) is 2. The summed E-state index contributed by atoms with van der Waals surface area (Å²) in [6.07, 6.45) is 4.62. The number of aromatic nitrogens is 2. The molecule has 0 spiro atoms. The molecule has 0 unspecified atom stereocenters. The highest BCUT2D eigenvalue weighted by Crippen LogP contribution is 2.43. The number of imidazole rings is 1. The van der Waals surface area contributed by atoms with Crippen molar-refractivity contribution in [2.45, 2.75) is 25.3 Å². The lowest BCUT2D eigenvalue weighted by molar-refractivity contribution is 1.02. The quantitative estimate of drug-likeness (QED) is 0.775. The summed E-state index contributed by atoms with van der Waals surface area (Å²) in [5.41, 5.74) is 3.55. The van der Waals surface area contributed by atoms with Crippen LogP contribution < -0.4 is 5.32 Å². The van der Waals surface area contributed by atoms with Crippen LogP contribution in [0.15, 0.2) is 54.7 Å². The highest BCUT2D eigenvalue weighted by molar-refractivity contribution is 5.57. The van der Waals surface area contributed by atoms with Gasteiger partial charge < -0.3 is 5.32 Å². The van der Waals surface area contributed by atoms with Crippen LogP contribution >= 0.6 is 0 Å². The van der Waals surface area contributed by atoms with Crippen molar-refractivity contribution in [2.24, 2.45) is 0 Å². The lowest BCUT2D eigenvalue weighted by Gasteiger charge is -2.08. The number of nitrogens with one attached hydrogen (secondary N) is 1. The molecule has 2 aromatic heterocycles. The Bertz CT molecular complexity index is 726. The van der Waals surface area contributed by atoms with E-state index in [0.717, 1.165) is 18.0 Å². The van der Waals surface area contributed by atoms with Crippen LogP contribution in [-0.2, 0) is 6.54 Å². The number of rotatable bonds is 4. The molecule has 0 amide bonds. The fourth-order valence-electron chi connectivity index (χ4n) is 2.61. The molecular weight excluding hydrogens is 246 g/mol. The largest absolute Gasteiger partial charge is 0.366 e. The molecule has 1 N–H and O–H groups in total. The topological polar surface area (TPSA) is 29.3 Å². The molecule has 3 aromatic rings. The SMILES string of the molecule is c1ccc(CNc2c(C3CC3)nc3ccccn23)cc1. The van der Waals surface area contributed by atoms with Gasteiger partial charge in [-0.1, -0.05) is 36.4 Å². The second-order valence-electron chi connectivity index (χ2n) is 5.39. The first-order chi connectivity index (χ1) is 9.92. The zero-order valence-corrected chi connectivity index (χ0v) is 11.3. The maximum absolute atomic E-state index is 4.79. The van der Waals surface area contributed by atoms with E-state index < -0.39 is 0 Å². The van der Waals surface area contributed by atoms with Crippen molar-refractivity contribution in [2.75, 3.05) is 5.32 Å². The minimum Gasteiger partial charge on any atom is -0.366 e. The lowest BCUT2D eigenvalue weighted by Crippen LogP contribution is -2.04. The van der Waals surface area contributed by atoms with Gasteiger partial charge >= 0.3 is 0 Å². The molecule has 3 nitrogen and oxygen atoms in total. The summed E-state index contributed by atoms with van der Waals surface area (Å²) >= 11 is 0. The van der Waals surface area contributed by atoms with Crippen molar-refractivity contribution in [3.8, 4) is 0 Å². The van der Waals surface area contributed by atoms with E-state index in [0.29, 0.717) is 5.92 Å². The van der Waals surface area contributed by atoms with Gasteiger partial charge in [-0.05, 0) is 30.5 Å². The average Bonchev–Trinajstić information content (AvgIpc) is 3.28. The molecule has 0 atom stereocenters. The van der Waals surface area contributed by atoms with Crippen LogP contribution in [0.2, 0.25) is 0 Å². The van der Waals surface area contributed by atoms with Crippen LogP contribution in [0.4, 0.5) is 5.82 Å². The second kappa shape index (κ2) is 4.67. The standard InChI is InChI=1S/C17H17N3/c1-2-6-13(7-3-1)12-18-17-16(14-9-10-14)19-15-8-4-5-11-20(15)17/h1-8,11,14,18H,9-10,12H2. The molecule has 1 aliphatic carbocycles. The smallest absolute Gasteiger partial charge is 0.138 e. The monoisotopic (exact) mass is 263 g/mol. The molecule has 1 saturated carbocycles. The Kier molecular flexibility index (Phi) is 2.69. The van der Waals surface area contributed by atoms with Crippen molar-refractivity contribution < 1.29 is 0 Å². The van der Waals surface area contributed by atoms with E-state index in [2.05, 4.69) is 52.3 Å². The Hall–Kier alpha value is -2.29. The van der Waals surface area contributed by atoms with Gasteiger partial charge in [0.1, 0.15) is 11.5 Å². The number of hydrogen-bond acceptors (Lipinski definition) is 2. The van der Waals surface area contributed by atoms with Crippen molar-refractivity contribution in [1.29, 1.82) is 0 Å². The fraction of sp³-hybridized carbons (Fsp3) is 0.235. The lowest BCUT2D eigenvalue weighted by atomic mass is 10.2. The molecule has 0 bridgehead atoms. The molecule has 0 radical (unpaired) electrons. The van der Waals surface area contributed by atoms with Gasteiger partial charge in [-0.15, -0.1) is 0 Å². The van der Waals surface area contributed by atoms with Crippen LogP contribution in [0.3, 0.4) is 0 Å². The molecule has 0 saturated heterocycles. The molecule has 1 fully saturated rings. The first kappa shape index (κ1) is 11.5. The third-order valence-corrected chi connectivity index (χ3v) is 3.82. The predicted molar refractivity (Wildman–Crippen MR) is 80.9 cm³/mol. The van der Waals surface area contributed by atoms with E-state index in [4.69, 9.17) is 4.98 Å². The Labute approximate surface area is 118 Å². The maximum atomic E-state index is 4.79. The van der Waals surface area contributed by atoms with Gasteiger partial charge in [0.15, 0.2) is 0 Å². The molecule has 4 rings (SSSR count). The molecule has 100 valence electrons. The zero-order valence-electron chi connectivity index (χ0n) is 11.3. The molecule has 0 aliphatic heterocycles. The minimum absolute atomic E-state index is 0.646. The summed E-state index contributed by atoms with van der Waals surface area (Å²) < 4.78 is 2.16. The van der Waals surface area contributed by atoms with Gasteiger partial charge in [-0.2, -0.15) is 0 Å². The Morgan fingerprint density at radius 2 is 1.85 bits per heavy atom. The maximum Gasteiger partial charge on any atom is 0.138 e. The van der Waals surface area contributed by atoms with Crippen molar-refractivity contribution >= 4 is 11.5 Å². The molecule has 3 heteroatoms. The minimum atomic E-state index is 0.646. The van der Waals surface area contributed by atoms with Crippen LogP contribution in [0.1, 0.15) is 30.0 Å². The predicted octanol–water partition coefficient (Wildman–Crippen LogP) is 3.82. The normalized spacial score (nSPS) is 14.6. The summed E-state index contributed by atoms with van der Waals surface area (Å²) in [6, 6.07) is 16.7. The van der Waals surface area contributed by atoms with Crippen LogP contribution in [-0.4, -0.2) is 9.38 Å². The fourth-order valence-corrected chi connectivity index (χ4v) is 2.61. The zero-order chi connectivity index (χ0) is 13.4. The molecule has 1 aliphatic rings. The summed E-state index contributed by atoms with van der Waals surface area (Å²) in [7, 11) is 0. The first-order valence-electron chi connectivity index (χ1n) is 7.16. The summed E-state index contributed by atoms with van der Waals surface area (Å²) in [5.74, 6) is 1.81. The van der Waals surface area contributed by atoms with E-state index in [1.54, 1.807) is 0 Å². The van der Waals surface area contributed by atoms with Gasteiger partial charge in [0, 0.05) is 18.7 Å². The molecule has 1 aromatic carbocycles. The molecule has 20 heavy (non-hydrogen) atoms. The number of benzene rings is 1. The van der Waals surface area contributed by atoms with E-state index in [1.807, 2.05) is 12.1 Å². The van der Waals surface area contributed by atoms with Gasteiger partial charge in [-0.3, -0.25) is 4.40 Å². The van der Waals surface area contributed by atoms with Gasteiger partial charge in [0.25, 0.3) is 0 Å². The second-order valence-corrected chi connectivity index (χ2v) is 5.39. The Morgan fingerprint density at radius 3 is 2.65 bits per heavy atom. The average molecular weight is 263 g/mol. The highest BCUT2D eigenvalue weighted by Gasteiger charge is 2.30. The Balaban J connectivity index is 1.69. The van der Waals surface area contributed by atoms with Crippen molar-refractivity contribution in [3.63, 3.8) is 0 Å². The van der Waals surface area contributed by atoms with E-state index in [-0.39, 0.29) is 0 Å². The number of pyridine rings is 1. The van der Waals surface area contributed by atoms with Gasteiger partial charge in [-0.25, -0.2) is 4.98 Å². The van der Waals surface area contributed by atoms with Crippen LogP contribution in [0, 0.1) is 0 Å². The highest BCUT2D eigenvalue weighted by atomic mass is 15.1. The number of hydrogen-bond donors (Lipinski definition) is 1. The van der Waals surface area contributed by atoms with Crippen molar-refractivity contribution in [1.82, 2.24) is 9.38 Å². The van der Waals surface area contributed by atoms with E-state index in [1.165, 1.54) is 24.1 Å².